The highest BCUT2D eigenvalue weighted by atomic mass is 14.9. The maximum absolute atomic E-state index is 4.46. The van der Waals surface area contributed by atoms with E-state index in [1.165, 1.54) is 42.0 Å². The van der Waals surface area contributed by atoms with Crippen molar-refractivity contribution in [2.75, 3.05) is 7.05 Å². The molecule has 2 aromatic rings. The van der Waals surface area contributed by atoms with E-state index >= 15 is 0 Å². The summed E-state index contributed by atoms with van der Waals surface area (Å²) in [5, 5.41) is 6.15. The van der Waals surface area contributed by atoms with Crippen LogP contribution in [0.1, 0.15) is 44.2 Å². The number of benzene rings is 1. The molecule has 0 spiro atoms. The third-order valence-corrected chi connectivity index (χ3v) is 4.79. The molecule has 1 heterocycles. The number of aromatic nitrogens is 1. The quantitative estimate of drug-likeness (QED) is 0.896. The van der Waals surface area contributed by atoms with Crippen molar-refractivity contribution in [2.24, 2.45) is 11.8 Å². The Bertz CT molecular complexity index is 573. The summed E-state index contributed by atoms with van der Waals surface area (Å²) in [6.07, 6.45) is 9.44. The minimum atomic E-state index is 0.427. The van der Waals surface area contributed by atoms with Gasteiger partial charge in [0.25, 0.3) is 0 Å². The molecule has 1 saturated carbocycles. The molecule has 106 valence electrons. The van der Waals surface area contributed by atoms with Crippen LogP contribution in [0.5, 0.6) is 0 Å². The van der Waals surface area contributed by atoms with Crippen molar-refractivity contribution in [3.05, 3.63) is 42.2 Å². The summed E-state index contributed by atoms with van der Waals surface area (Å²) in [7, 11) is 2.09. The highest BCUT2D eigenvalue weighted by molar-refractivity contribution is 5.85. The molecule has 1 fully saturated rings. The van der Waals surface area contributed by atoms with Crippen molar-refractivity contribution >= 4 is 10.8 Å². The topological polar surface area (TPSA) is 24.9 Å². The van der Waals surface area contributed by atoms with E-state index in [4.69, 9.17) is 0 Å². The van der Waals surface area contributed by atoms with Crippen LogP contribution in [0.2, 0.25) is 0 Å². The van der Waals surface area contributed by atoms with Gasteiger partial charge >= 0.3 is 0 Å². The van der Waals surface area contributed by atoms with E-state index in [9.17, 15) is 0 Å². The molecular formula is C18H24N2. The zero-order valence-corrected chi connectivity index (χ0v) is 12.5. The van der Waals surface area contributed by atoms with E-state index in [-0.39, 0.29) is 0 Å². The SMILES string of the molecule is CNC(c1cncc2ccccc12)C1CCCC(C)C1. The summed E-state index contributed by atoms with van der Waals surface area (Å²) in [4.78, 5) is 4.46. The van der Waals surface area contributed by atoms with Gasteiger partial charge in [-0.3, -0.25) is 4.98 Å². The Morgan fingerprint density at radius 2 is 2.05 bits per heavy atom. The molecule has 0 amide bonds. The Morgan fingerprint density at radius 3 is 2.85 bits per heavy atom. The fourth-order valence-corrected chi connectivity index (χ4v) is 3.82. The first kappa shape index (κ1) is 13.6. The third-order valence-electron chi connectivity index (χ3n) is 4.79. The molecule has 3 atom stereocenters. The van der Waals surface area contributed by atoms with Crippen molar-refractivity contribution < 1.29 is 0 Å². The molecule has 0 aliphatic heterocycles. The van der Waals surface area contributed by atoms with E-state index in [0.717, 1.165) is 11.8 Å². The summed E-state index contributed by atoms with van der Waals surface area (Å²) >= 11 is 0. The maximum atomic E-state index is 4.46. The highest BCUT2D eigenvalue weighted by Crippen LogP contribution is 2.38. The number of fused-ring (bicyclic) bond motifs is 1. The third kappa shape index (κ3) is 2.57. The van der Waals surface area contributed by atoms with Crippen molar-refractivity contribution in [2.45, 2.75) is 38.6 Å². The fourth-order valence-electron chi connectivity index (χ4n) is 3.82. The minimum absolute atomic E-state index is 0.427. The van der Waals surface area contributed by atoms with Gasteiger partial charge in [-0.2, -0.15) is 0 Å². The van der Waals surface area contributed by atoms with Gasteiger partial charge in [0.1, 0.15) is 0 Å². The number of nitrogens with one attached hydrogen (secondary N) is 1. The van der Waals surface area contributed by atoms with Crippen molar-refractivity contribution in [1.29, 1.82) is 0 Å². The second-order valence-corrected chi connectivity index (χ2v) is 6.25. The Balaban J connectivity index is 1.98. The second kappa shape index (κ2) is 5.92. The number of pyridine rings is 1. The lowest BCUT2D eigenvalue weighted by molar-refractivity contribution is 0.230. The molecule has 1 aromatic heterocycles. The monoisotopic (exact) mass is 268 g/mol. The van der Waals surface area contributed by atoms with Gasteiger partial charge in [-0.15, -0.1) is 0 Å². The molecular weight excluding hydrogens is 244 g/mol. The van der Waals surface area contributed by atoms with Crippen LogP contribution in [0, 0.1) is 11.8 Å². The van der Waals surface area contributed by atoms with Crippen molar-refractivity contribution in [3.63, 3.8) is 0 Å². The molecule has 1 aliphatic carbocycles. The average molecular weight is 268 g/mol. The van der Waals surface area contributed by atoms with E-state index in [0.29, 0.717) is 6.04 Å². The molecule has 1 aliphatic rings. The van der Waals surface area contributed by atoms with Crippen molar-refractivity contribution in [1.82, 2.24) is 10.3 Å². The number of hydrogen-bond acceptors (Lipinski definition) is 2. The number of hydrogen-bond donors (Lipinski definition) is 1. The van der Waals surface area contributed by atoms with Crippen LogP contribution < -0.4 is 5.32 Å². The highest BCUT2D eigenvalue weighted by Gasteiger charge is 2.27. The van der Waals surface area contributed by atoms with Crippen molar-refractivity contribution in [3.8, 4) is 0 Å². The molecule has 20 heavy (non-hydrogen) atoms. The minimum Gasteiger partial charge on any atom is -0.313 e. The van der Waals surface area contributed by atoms with E-state index in [1.807, 2.05) is 6.20 Å². The first-order chi connectivity index (χ1) is 9.79. The molecule has 1 aromatic carbocycles. The molecule has 3 unspecified atom stereocenters. The lowest BCUT2D eigenvalue weighted by Crippen LogP contribution is -2.29. The van der Waals surface area contributed by atoms with Crippen LogP contribution in [-0.2, 0) is 0 Å². The first-order valence-electron chi connectivity index (χ1n) is 7.79. The lowest BCUT2D eigenvalue weighted by atomic mass is 9.76. The standard InChI is InChI=1S/C18H24N2/c1-13-6-5-8-14(10-13)18(19-2)17-12-20-11-15-7-3-4-9-16(15)17/h3-4,7,9,11-14,18-19H,5-6,8,10H2,1-2H3. The predicted octanol–water partition coefficient (Wildman–Crippen LogP) is 4.32. The summed E-state index contributed by atoms with van der Waals surface area (Å²) in [6.45, 7) is 2.39. The van der Waals surface area contributed by atoms with Crippen LogP contribution in [0.15, 0.2) is 36.7 Å². The molecule has 1 N–H and O–H groups in total. The van der Waals surface area contributed by atoms with Gasteiger partial charge in [0.15, 0.2) is 0 Å². The Kier molecular flexibility index (Phi) is 4.02. The molecule has 0 bridgehead atoms. The van der Waals surface area contributed by atoms with Crippen LogP contribution in [-0.4, -0.2) is 12.0 Å². The molecule has 2 heteroatoms. The summed E-state index contributed by atoms with van der Waals surface area (Å²) in [5.74, 6) is 1.59. The summed E-state index contributed by atoms with van der Waals surface area (Å²) in [6, 6.07) is 9.02. The van der Waals surface area contributed by atoms with E-state index < -0.39 is 0 Å². The number of rotatable bonds is 3. The predicted molar refractivity (Wildman–Crippen MR) is 84.7 cm³/mol. The van der Waals surface area contributed by atoms with Crippen LogP contribution in [0.4, 0.5) is 0 Å². The van der Waals surface area contributed by atoms with Gasteiger partial charge in [-0.1, -0.05) is 44.0 Å². The van der Waals surface area contributed by atoms with Gasteiger partial charge in [-0.05, 0) is 42.7 Å². The van der Waals surface area contributed by atoms with Gasteiger partial charge < -0.3 is 5.32 Å². The zero-order valence-electron chi connectivity index (χ0n) is 12.5. The Morgan fingerprint density at radius 1 is 1.20 bits per heavy atom. The molecule has 0 saturated heterocycles. The molecule has 3 rings (SSSR count). The smallest absolute Gasteiger partial charge is 0.0367 e. The van der Waals surface area contributed by atoms with Crippen LogP contribution in [0.25, 0.3) is 10.8 Å². The van der Waals surface area contributed by atoms with Gasteiger partial charge in [-0.25, -0.2) is 0 Å². The fraction of sp³-hybridized carbons (Fsp3) is 0.500. The van der Waals surface area contributed by atoms with Crippen LogP contribution in [0.3, 0.4) is 0 Å². The Labute approximate surface area is 121 Å². The second-order valence-electron chi connectivity index (χ2n) is 6.25. The van der Waals surface area contributed by atoms with E-state index in [2.05, 4.69) is 54.7 Å². The summed E-state index contributed by atoms with van der Waals surface area (Å²) in [5.41, 5.74) is 1.37. The van der Waals surface area contributed by atoms with Gasteiger partial charge in [0.05, 0.1) is 0 Å². The largest absolute Gasteiger partial charge is 0.313 e. The zero-order chi connectivity index (χ0) is 13.9. The summed E-state index contributed by atoms with van der Waals surface area (Å²) < 4.78 is 0. The molecule has 2 nitrogen and oxygen atoms in total. The first-order valence-corrected chi connectivity index (χ1v) is 7.79. The average Bonchev–Trinajstić information content (AvgIpc) is 2.48. The number of nitrogens with zero attached hydrogens (tertiary/aromatic N) is 1. The molecule has 0 radical (unpaired) electrons. The van der Waals surface area contributed by atoms with E-state index in [1.54, 1.807) is 0 Å². The lowest BCUT2D eigenvalue weighted by Gasteiger charge is -2.33. The maximum Gasteiger partial charge on any atom is 0.0367 e. The van der Waals surface area contributed by atoms with Crippen LogP contribution >= 0.6 is 0 Å². The normalized spacial score (nSPS) is 24.7. The van der Waals surface area contributed by atoms with Gasteiger partial charge in [0.2, 0.25) is 0 Å². The van der Waals surface area contributed by atoms with Gasteiger partial charge in [0, 0.05) is 23.8 Å². The Hall–Kier alpha value is -1.41.